The number of aldehydes is 1. The highest BCUT2D eigenvalue weighted by Crippen LogP contribution is 2.26. The predicted octanol–water partition coefficient (Wildman–Crippen LogP) is 4.54. The zero-order valence-corrected chi connectivity index (χ0v) is 11.0. The average molecular weight is 268 g/mol. The van der Waals surface area contributed by atoms with Crippen LogP contribution in [0.5, 0.6) is 0 Å². The zero-order chi connectivity index (χ0) is 13.1. The van der Waals surface area contributed by atoms with Crippen LogP contribution in [0.25, 0.3) is 10.8 Å². The van der Waals surface area contributed by atoms with Gasteiger partial charge in [-0.15, -0.1) is 11.8 Å². The molecule has 3 aromatic rings. The normalized spacial score (nSPS) is 10.7. The van der Waals surface area contributed by atoms with E-state index in [1.165, 1.54) is 15.7 Å². The molecule has 0 saturated carbocycles. The molecule has 0 aliphatic rings. The lowest BCUT2D eigenvalue weighted by molar-refractivity contribution is 0.109. The lowest BCUT2D eigenvalue weighted by Gasteiger charge is -2.02. The number of benzene rings is 2. The lowest BCUT2D eigenvalue weighted by atomic mass is 10.1. The van der Waals surface area contributed by atoms with Gasteiger partial charge in [0.15, 0.2) is 12.0 Å². The first-order valence-corrected chi connectivity index (χ1v) is 6.99. The van der Waals surface area contributed by atoms with E-state index >= 15 is 0 Å². The Morgan fingerprint density at radius 1 is 1.00 bits per heavy atom. The van der Waals surface area contributed by atoms with E-state index in [1.54, 1.807) is 17.8 Å². The number of hydrogen-bond acceptors (Lipinski definition) is 3. The minimum absolute atomic E-state index is 0.383. The van der Waals surface area contributed by atoms with Gasteiger partial charge in [0.05, 0.1) is 5.75 Å². The number of rotatable bonds is 4. The number of thioether (sulfide) groups is 1. The third kappa shape index (κ3) is 2.71. The van der Waals surface area contributed by atoms with Gasteiger partial charge in [0.2, 0.25) is 0 Å². The molecular formula is C16H12O2S. The molecule has 3 heteroatoms. The average Bonchev–Trinajstić information content (AvgIpc) is 2.93. The molecule has 0 bridgehead atoms. The molecule has 0 amide bonds. The fourth-order valence-electron chi connectivity index (χ4n) is 1.95. The molecule has 0 saturated heterocycles. The standard InChI is InChI=1S/C16H12O2S/c17-10-14-6-7-15(18-14)11-19-16-8-5-12-3-1-2-4-13(12)9-16/h1-10H,11H2. The van der Waals surface area contributed by atoms with Crippen LogP contribution in [0, 0.1) is 0 Å². The Morgan fingerprint density at radius 2 is 1.84 bits per heavy atom. The molecule has 0 unspecified atom stereocenters. The summed E-state index contributed by atoms with van der Waals surface area (Å²) in [5.74, 6) is 1.93. The van der Waals surface area contributed by atoms with Crippen LogP contribution >= 0.6 is 11.8 Å². The van der Waals surface area contributed by atoms with Crippen LogP contribution in [0.2, 0.25) is 0 Å². The Morgan fingerprint density at radius 3 is 2.63 bits per heavy atom. The number of carbonyl (C=O) groups excluding carboxylic acids is 1. The van der Waals surface area contributed by atoms with E-state index in [0.717, 1.165) is 17.8 Å². The highest BCUT2D eigenvalue weighted by atomic mass is 32.2. The summed E-state index contributed by atoms with van der Waals surface area (Å²) in [7, 11) is 0. The maximum absolute atomic E-state index is 10.5. The molecule has 3 rings (SSSR count). The van der Waals surface area contributed by atoms with Gasteiger partial charge in [-0.05, 0) is 35.0 Å². The van der Waals surface area contributed by atoms with Crippen LogP contribution in [0.15, 0.2) is 63.9 Å². The van der Waals surface area contributed by atoms with E-state index in [2.05, 4.69) is 30.3 Å². The van der Waals surface area contributed by atoms with Crippen molar-refractivity contribution in [1.29, 1.82) is 0 Å². The first-order valence-electron chi connectivity index (χ1n) is 6.01. The summed E-state index contributed by atoms with van der Waals surface area (Å²) in [6.45, 7) is 0. The first kappa shape index (κ1) is 12.1. The number of fused-ring (bicyclic) bond motifs is 1. The van der Waals surface area contributed by atoms with Crippen molar-refractivity contribution in [1.82, 2.24) is 0 Å². The van der Waals surface area contributed by atoms with Crippen molar-refractivity contribution < 1.29 is 9.21 Å². The van der Waals surface area contributed by atoms with Crippen molar-refractivity contribution in [3.63, 3.8) is 0 Å². The van der Waals surface area contributed by atoms with Crippen LogP contribution in [-0.2, 0) is 5.75 Å². The quantitative estimate of drug-likeness (QED) is 0.514. The van der Waals surface area contributed by atoms with Crippen molar-refractivity contribution in [2.24, 2.45) is 0 Å². The highest BCUT2D eigenvalue weighted by molar-refractivity contribution is 7.98. The van der Waals surface area contributed by atoms with Crippen LogP contribution in [-0.4, -0.2) is 6.29 Å². The molecule has 0 N–H and O–H groups in total. The third-order valence-corrected chi connectivity index (χ3v) is 3.92. The van der Waals surface area contributed by atoms with Crippen molar-refractivity contribution in [3.8, 4) is 0 Å². The predicted molar refractivity (Wildman–Crippen MR) is 77.6 cm³/mol. The van der Waals surface area contributed by atoms with Gasteiger partial charge < -0.3 is 4.42 Å². The summed E-state index contributed by atoms with van der Waals surface area (Å²) in [6, 6.07) is 18.2. The summed E-state index contributed by atoms with van der Waals surface area (Å²) < 4.78 is 5.35. The van der Waals surface area contributed by atoms with E-state index in [9.17, 15) is 4.79 Å². The van der Waals surface area contributed by atoms with Gasteiger partial charge in [-0.1, -0.05) is 30.3 Å². The van der Waals surface area contributed by atoms with Gasteiger partial charge in [-0.2, -0.15) is 0 Å². The van der Waals surface area contributed by atoms with Crippen molar-refractivity contribution in [3.05, 3.63) is 66.1 Å². The van der Waals surface area contributed by atoms with E-state index in [0.29, 0.717) is 5.76 Å². The molecule has 94 valence electrons. The summed E-state index contributed by atoms with van der Waals surface area (Å²) in [5.41, 5.74) is 0. The minimum Gasteiger partial charge on any atom is -0.457 e. The summed E-state index contributed by atoms with van der Waals surface area (Å²) in [5, 5.41) is 2.48. The smallest absolute Gasteiger partial charge is 0.185 e. The molecule has 1 aromatic heterocycles. The maximum atomic E-state index is 10.5. The van der Waals surface area contributed by atoms with Gasteiger partial charge in [-0.3, -0.25) is 4.79 Å². The van der Waals surface area contributed by atoms with Gasteiger partial charge >= 0.3 is 0 Å². The van der Waals surface area contributed by atoms with E-state index < -0.39 is 0 Å². The fraction of sp³-hybridized carbons (Fsp3) is 0.0625. The summed E-state index contributed by atoms with van der Waals surface area (Å²) in [4.78, 5) is 11.7. The minimum atomic E-state index is 0.383. The van der Waals surface area contributed by atoms with E-state index in [-0.39, 0.29) is 0 Å². The topological polar surface area (TPSA) is 30.2 Å². The molecular weight excluding hydrogens is 256 g/mol. The van der Waals surface area contributed by atoms with Crippen LogP contribution in [0.3, 0.4) is 0 Å². The second-order valence-electron chi connectivity index (χ2n) is 4.22. The second kappa shape index (κ2) is 5.33. The largest absolute Gasteiger partial charge is 0.457 e. The zero-order valence-electron chi connectivity index (χ0n) is 10.2. The summed E-state index contributed by atoms with van der Waals surface area (Å²) in [6.07, 6.45) is 0.726. The summed E-state index contributed by atoms with van der Waals surface area (Å²) >= 11 is 1.70. The Balaban J connectivity index is 1.76. The van der Waals surface area contributed by atoms with Gasteiger partial charge in [0, 0.05) is 4.90 Å². The molecule has 0 aliphatic heterocycles. The third-order valence-electron chi connectivity index (χ3n) is 2.90. The van der Waals surface area contributed by atoms with Gasteiger partial charge in [0.25, 0.3) is 0 Å². The van der Waals surface area contributed by atoms with Crippen LogP contribution in [0.1, 0.15) is 16.3 Å². The monoisotopic (exact) mass is 268 g/mol. The Hall–Kier alpha value is -2.00. The molecule has 0 radical (unpaired) electrons. The van der Waals surface area contributed by atoms with E-state index in [1.807, 2.05) is 18.2 Å². The Kier molecular flexibility index (Phi) is 3.38. The molecule has 0 fully saturated rings. The molecule has 1 heterocycles. The number of furan rings is 1. The Labute approximate surface area is 115 Å². The lowest BCUT2D eigenvalue weighted by Crippen LogP contribution is -1.78. The first-order chi connectivity index (χ1) is 9.35. The molecule has 2 nitrogen and oxygen atoms in total. The van der Waals surface area contributed by atoms with Gasteiger partial charge in [0.1, 0.15) is 5.76 Å². The maximum Gasteiger partial charge on any atom is 0.185 e. The molecule has 0 spiro atoms. The van der Waals surface area contributed by atoms with Crippen molar-refractivity contribution in [2.45, 2.75) is 10.6 Å². The highest BCUT2D eigenvalue weighted by Gasteiger charge is 2.03. The number of carbonyl (C=O) groups is 1. The SMILES string of the molecule is O=Cc1ccc(CSc2ccc3ccccc3c2)o1. The molecule has 0 atom stereocenters. The van der Waals surface area contributed by atoms with Crippen molar-refractivity contribution in [2.75, 3.05) is 0 Å². The van der Waals surface area contributed by atoms with Crippen LogP contribution < -0.4 is 0 Å². The van der Waals surface area contributed by atoms with Gasteiger partial charge in [-0.25, -0.2) is 0 Å². The number of hydrogen-bond donors (Lipinski definition) is 0. The second-order valence-corrected chi connectivity index (χ2v) is 5.27. The Bertz CT molecular complexity index is 715. The molecule has 0 aliphatic carbocycles. The van der Waals surface area contributed by atoms with Crippen LogP contribution in [0.4, 0.5) is 0 Å². The molecule has 19 heavy (non-hydrogen) atoms. The molecule has 2 aromatic carbocycles. The fourth-order valence-corrected chi connectivity index (χ4v) is 2.79. The van der Waals surface area contributed by atoms with E-state index in [4.69, 9.17) is 4.42 Å². The van der Waals surface area contributed by atoms with Crippen molar-refractivity contribution >= 4 is 28.8 Å².